The molecular weight excluding hydrogens is 268 g/mol. The summed E-state index contributed by atoms with van der Waals surface area (Å²) >= 11 is 0. The molecule has 0 aliphatic heterocycles. The van der Waals surface area contributed by atoms with Crippen molar-refractivity contribution in [2.75, 3.05) is 7.11 Å². The van der Waals surface area contributed by atoms with Gasteiger partial charge in [-0.05, 0) is 55.0 Å². The van der Waals surface area contributed by atoms with Crippen LogP contribution in [0, 0.1) is 0 Å². The van der Waals surface area contributed by atoms with Crippen LogP contribution in [0.15, 0.2) is 53.6 Å². The van der Waals surface area contributed by atoms with Gasteiger partial charge in [0.2, 0.25) is 0 Å². The number of methoxy groups -OCH3 is 1. The monoisotopic (exact) mass is 284 g/mol. The van der Waals surface area contributed by atoms with Crippen molar-refractivity contribution in [1.82, 2.24) is 5.43 Å². The lowest BCUT2D eigenvalue weighted by Crippen LogP contribution is -2.19. The first-order chi connectivity index (χ1) is 10.1. The summed E-state index contributed by atoms with van der Waals surface area (Å²) in [7, 11) is 1.60. The maximum absolute atomic E-state index is 11.9. The van der Waals surface area contributed by atoms with E-state index >= 15 is 0 Å². The molecule has 5 nitrogen and oxygen atoms in total. The Morgan fingerprint density at radius 1 is 1.14 bits per heavy atom. The molecule has 0 heterocycles. The number of nitrogens with zero attached hydrogens (tertiary/aromatic N) is 1. The summed E-state index contributed by atoms with van der Waals surface area (Å²) in [5, 5.41) is 13.4. The molecule has 0 fully saturated rings. The molecule has 1 amide bonds. The van der Waals surface area contributed by atoms with Crippen LogP contribution in [0.4, 0.5) is 0 Å². The van der Waals surface area contributed by atoms with Crippen LogP contribution in [-0.2, 0) is 0 Å². The topological polar surface area (TPSA) is 70.9 Å². The fraction of sp³-hybridized carbons (Fsp3) is 0.125. The van der Waals surface area contributed by atoms with Crippen molar-refractivity contribution in [1.29, 1.82) is 0 Å². The molecule has 0 bridgehead atoms. The highest BCUT2D eigenvalue weighted by Crippen LogP contribution is 2.12. The largest absolute Gasteiger partial charge is 0.508 e. The number of ether oxygens (including phenoxy) is 1. The molecule has 0 unspecified atom stereocenters. The van der Waals surface area contributed by atoms with Crippen LogP contribution in [-0.4, -0.2) is 23.8 Å². The molecule has 0 saturated carbocycles. The van der Waals surface area contributed by atoms with E-state index in [1.165, 1.54) is 12.1 Å². The summed E-state index contributed by atoms with van der Waals surface area (Å²) in [4.78, 5) is 11.9. The number of hydrazone groups is 1. The average molecular weight is 284 g/mol. The second-order valence-electron chi connectivity index (χ2n) is 4.42. The van der Waals surface area contributed by atoms with Gasteiger partial charge in [0.1, 0.15) is 11.5 Å². The zero-order chi connectivity index (χ0) is 15.2. The number of hydrogen-bond donors (Lipinski definition) is 2. The molecule has 0 aliphatic rings. The Bertz CT molecular complexity index is 663. The minimum absolute atomic E-state index is 0.0403. The van der Waals surface area contributed by atoms with E-state index in [2.05, 4.69) is 10.5 Å². The van der Waals surface area contributed by atoms with Gasteiger partial charge < -0.3 is 9.84 Å². The minimum atomic E-state index is -0.376. The third-order valence-electron chi connectivity index (χ3n) is 2.94. The first-order valence-corrected chi connectivity index (χ1v) is 6.38. The van der Waals surface area contributed by atoms with E-state index in [1.54, 1.807) is 26.2 Å². The molecule has 0 aromatic heterocycles. The van der Waals surface area contributed by atoms with E-state index in [-0.39, 0.29) is 11.7 Å². The second-order valence-corrected chi connectivity index (χ2v) is 4.42. The Morgan fingerprint density at radius 3 is 2.48 bits per heavy atom. The van der Waals surface area contributed by atoms with Crippen LogP contribution >= 0.6 is 0 Å². The molecule has 0 radical (unpaired) electrons. The number of nitrogens with one attached hydrogen (secondary N) is 1. The van der Waals surface area contributed by atoms with E-state index in [0.717, 1.165) is 11.3 Å². The zero-order valence-corrected chi connectivity index (χ0v) is 11.8. The fourth-order valence-corrected chi connectivity index (χ4v) is 1.74. The number of aromatic hydroxyl groups is 1. The summed E-state index contributed by atoms with van der Waals surface area (Å²) in [5.41, 5.74) is 4.36. The standard InChI is InChI=1S/C16H16N2O3/c1-11(12-6-8-15(21-2)9-7-12)17-18-16(20)13-4-3-5-14(19)10-13/h3-10,19H,1-2H3,(H,18,20)/b17-11+. The predicted molar refractivity (Wildman–Crippen MR) is 80.8 cm³/mol. The van der Waals surface area contributed by atoms with Crippen LogP contribution in [0.25, 0.3) is 0 Å². The van der Waals surface area contributed by atoms with Crippen LogP contribution in [0.1, 0.15) is 22.8 Å². The second kappa shape index (κ2) is 6.56. The smallest absolute Gasteiger partial charge is 0.271 e. The maximum atomic E-state index is 11.9. The van der Waals surface area contributed by atoms with Crippen molar-refractivity contribution >= 4 is 11.6 Å². The number of benzene rings is 2. The lowest BCUT2D eigenvalue weighted by Gasteiger charge is -2.04. The predicted octanol–water partition coefficient (Wildman–Crippen LogP) is 2.55. The Kier molecular flexibility index (Phi) is 4.56. The molecule has 0 saturated heterocycles. The van der Waals surface area contributed by atoms with Gasteiger partial charge in [-0.1, -0.05) is 6.07 Å². The van der Waals surface area contributed by atoms with Crippen molar-refractivity contribution in [2.45, 2.75) is 6.92 Å². The van der Waals surface area contributed by atoms with Crippen molar-refractivity contribution < 1.29 is 14.6 Å². The van der Waals surface area contributed by atoms with Crippen molar-refractivity contribution in [3.8, 4) is 11.5 Å². The van der Waals surface area contributed by atoms with E-state index in [0.29, 0.717) is 11.3 Å². The van der Waals surface area contributed by atoms with Crippen molar-refractivity contribution in [3.05, 3.63) is 59.7 Å². The Hall–Kier alpha value is -2.82. The van der Waals surface area contributed by atoms with Gasteiger partial charge in [0, 0.05) is 5.56 Å². The molecular formula is C16H16N2O3. The van der Waals surface area contributed by atoms with Crippen LogP contribution in [0.3, 0.4) is 0 Å². The lowest BCUT2D eigenvalue weighted by molar-refractivity contribution is 0.0954. The van der Waals surface area contributed by atoms with E-state index < -0.39 is 0 Å². The molecule has 2 rings (SSSR count). The highest BCUT2D eigenvalue weighted by atomic mass is 16.5. The Balaban J connectivity index is 2.07. The normalized spacial score (nSPS) is 11.0. The van der Waals surface area contributed by atoms with Gasteiger partial charge >= 0.3 is 0 Å². The van der Waals surface area contributed by atoms with Crippen LogP contribution < -0.4 is 10.2 Å². The highest BCUT2D eigenvalue weighted by Gasteiger charge is 2.05. The quantitative estimate of drug-likeness (QED) is 0.669. The maximum Gasteiger partial charge on any atom is 0.271 e. The molecule has 2 aromatic rings. The number of phenols is 1. The summed E-state index contributed by atoms with van der Waals surface area (Å²) in [6.07, 6.45) is 0. The molecule has 0 atom stereocenters. The van der Waals surface area contributed by atoms with Crippen molar-refractivity contribution in [3.63, 3.8) is 0 Å². The fourth-order valence-electron chi connectivity index (χ4n) is 1.74. The number of carbonyl (C=O) groups is 1. The first kappa shape index (κ1) is 14.6. The third-order valence-corrected chi connectivity index (χ3v) is 2.94. The minimum Gasteiger partial charge on any atom is -0.508 e. The number of hydrogen-bond acceptors (Lipinski definition) is 4. The summed E-state index contributed by atoms with van der Waals surface area (Å²) < 4.78 is 5.08. The third kappa shape index (κ3) is 3.82. The number of carbonyl (C=O) groups excluding carboxylic acids is 1. The summed E-state index contributed by atoms with van der Waals surface area (Å²) in [6, 6.07) is 13.5. The van der Waals surface area contributed by atoms with Crippen LogP contribution in [0.5, 0.6) is 11.5 Å². The molecule has 0 aliphatic carbocycles. The lowest BCUT2D eigenvalue weighted by atomic mass is 10.1. The molecule has 0 spiro atoms. The van der Waals surface area contributed by atoms with Gasteiger partial charge in [-0.25, -0.2) is 5.43 Å². The molecule has 108 valence electrons. The zero-order valence-electron chi connectivity index (χ0n) is 11.8. The van der Waals surface area contributed by atoms with Gasteiger partial charge in [0.15, 0.2) is 0 Å². The van der Waals surface area contributed by atoms with Gasteiger partial charge in [0.05, 0.1) is 12.8 Å². The Labute approximate surface area is 122 Å². The van der Waals surface area contributed by atoms with Crippen molar-refractivity contribution in [2.24, 2.45) is 5.10 Å². The number of phenolic OH excluding ortho intramolecular Hbond substituents is 1. The van der Waals surface area contributed by atoms with Gasteiger partial charge in [-0.15, -0.1) is 0 Å². The molecule has 2 N–H and O–H groups in total. The first-order valence-electron chi connectivity index (χ1n) is 6.38. The van der Waals surface area contributed by atoms with E-state index in [9.17, 15) is 9.90 Å². The summed E-state index contributed by atoms with van der Waals surface area (Å²) in [5.74, 6) is 0.424. The molecule has 5 heteroatoms. The van der Waals surface area contributed by atoms with Gasteiger partial charge in [0.25, 0.3) is 5.91 Å². The van der Waals surface area contributed by atoms with Gasteiger partial charge in [-0.3, -0.25) is 4.79 Å². The number of amides is 1. The summed E-state index contributed by atoms with van der Waals surface area (Å²) in [6.45, 7) is 1.80. The average Bonchev–Trinajstić information content (AvgIpc) is 2.52. The Morgan fingerprint density at radius 2 is 1.86 bits per heavy atom. The van der Waals surface area contributed by atoms with Crippen LogP contribution in [0.2, 0.25) is 0 Å². The van der Waals surface area contributed by atoms with Gasteiger partial charge in [-0.2, -0.15) is 5.10 Å². The molecule has 2 aromatic carbocycles. The molecule has 21 heavy (non-hydrogen) atoms. The van der Waals surface area contributed by atoms with E-state index in [1.807, 2.05) is 24.3 Å². The number of rotatable bonds is 4. The van der Waals surface area contributed by atoms with E-state index in [4.69, 9.17) is 4.74 Å². The SMILES string of the molecule is COc1ccc(/C(C)=N/NC(=O)c2cccc(O)c2)cc1. The highest BCUT2D eigenvalue weighted by molar-refractivity contribution is 6.01.